The smallest absolute Gasteiger partial charge is 0.243 e. The highest BCUT2D eigenvalue weighted by molar-refractivity contribution is 7.99. The molecule has 3 heterocycles. The fourth-order valence-corrected chi connectivity index (χ4v) is 7.82. The van der Waals surface area contributed by atoms with Crippen LogP contribution in [0.2, 0.25) is 0 Å². The Morgan fingerprint density at radius 3 is 2.67 bits per heavy atom. The number of imidazole rings is 1. The van der Waals surface area contributed by atoms with Crippen molar-refractivity contribution in [3.8, 4) is 0 Å². The monoisotopic (exact) mass is 420 g/mol. The lowest BCUT2D eigenvalue weighted by Gasteiger charge is -2.19. The van der Waals surface area contributed by atoms with E-state index in [2.05, 4.69) is 9.97 Å². The van der Waals surface area contributed by atoms with Crippen LogP contribution < -0.4 is 0 Å². The van der Waals surface area contributed by atoms with Crippen LogP contribution in [0.3, 0.4) is 0 Å². The summed E-state index contributed by atoms with van der Waals surface area (Å²) in [5.74, 6) is 0.890. The van der Waals surface area contributed by atoms with Gasteiger partial charge in [-0.3, -0.25) is 0 Å². The Labute approximate surface area is 166 Å². The van der Waals surface area contributed by atoms with Crippen LogP contribution in [0.4, 0.5) is 0 Å². The number of benzene rings is 1. The third-order valence-electron chi connectivity index (χ3n) is 5.66. The van der Waals surface area contributed by atoms with Gasteiger partial charge in [-0.2, -0.15) is 4.31 Å². The van der Waals surface area contributed by atoms with E-state index in [0.717, 1.165) is 28.2 Å². The molecule has 0 bridgehead atoms. The number of thiazole rings is 1. The molecule has 1 unspecified atom stereocenters. The molecule has 2 aliphatic rings. The van der Waals surface area contributed by atoms with Crippen LogP contribution in [0, 0.1) is 11.8 Å². The van der Waals surface area contributed by atoms with Crippen LogP contribution in [-0.4, -0.2) is 45.6 Å². The van der Waals surface area contributed by atoms with Crippen LogP contribution in [0.25, 0.3) is 10.2 Å². The van der Waals surface area contributed by atoms with Crippen LogP contribution in [0.5, 0.6) is 0 Å². The lowest BCUT2D eigenvalue weighted by molar-refractivity contribution is 0.447. The van der Waals surface area contributed by atoms with Crippen molar-refractivity contribution in [1.29, 1.82) is 0 Å². The van der Waals surface area contributed by atoms with Gasteiger partial charge >= 0.3 is 0 Å². The number of thioether (sulfide) groups is 1. The number of aryl methyl sites for hydroxylation is 1. The Morgan fingerprint density at radius 1 is 1.19 bits per heavy atom. The van der Waals surface area contributed by atoms with E-state index in [1.807, 2.05) is 41.8 Å². The lowest BCUT2D eigenvalue weighted by Crippen LogP contribution is -2.30. The third-order valence-corrected chi connectivity index (χ3v) is 9.62. The molecule has 1 aromatic carbocycles. The number of aromatic nitrogens is 3. The molecule has 0 spiro atoms. The van der Waals surface area contributed by atoms with Gasteiger partial charge in [-0.1, -0.05) is 11.8 Å². The molecule has 1 saturated carbocycles. The van der Waals surface area contributed by atoms with E-state index in [1.165, 1.54) is 11.3 Å². The molecule has 0 radical (unpaired) electrons. The van der Waals surface area contributed by atoms with E-state index >= 15 is 0 Å². The normalized spacial score (nSPS) is 26.0. The van der Waals surface area contributed by atoms with Crippen molar-refractivity contribution in [2.24, 2.45) is 18.9 Å². The zero-order valence-corrected chi connectivity index (χ0v) is 17.3. The first kappa shape index (κ1) is 17.7. The van der Waals surface area contributed by atoms with E-state index in [4.69, 9.17) is 0 Å². The molecule has 142 valence electrons. The second kappa shape index (κ2) is 6.58. The van der Waals surface area contributed by atoms with Gasteiger partial charge in [0.15, 0.2) is 5.16 Å². The van der Waals surface area contributed by atoms with E-state index in [1.54, 1.807) is 21.9 Å². The largest absolute Gasteiger partial charge is 0.329 e. The average molecular weight is 421 g/mol. The van der Waals surface area contributed by atoms with Gasteiger partial charge in [-0.05, 0) is 42.9 Å². The topological polar surface area (TPSA) is 68.1 Å². The zero-order chi connectivity index (χ0) is 18.6. The fourth-order valence-electron chi connectivity index (χ4n) is 4.26. The van der Waals surface area contributed by atoms with Crippen LogP contribution >= 0.6 is 23.1 Å². The van der Waals surface area contributed by atoms with Gasteiger partial charge < -0.3 is 4.57 Å². The van der Waals surface area contributed by atoms with Crippen molar-refractivity contribution in [3.63, 3.8) is 0 Å². The van der Waals surface area contributed by atoms with Gasteiger partial charge in [0, 0.05) is 37.8 Å². The van der Waals surface area contributed by atoms with Gasteiger partial charge in [0.05, 0.1) is 20.6 Å². The summed E-state index contributed by atoms with van der Waals surface area (Å²) in [5.41, 5.74) is 2.51. The Hall–Kier alpha value is -1.42. The molecular weight excluding hydrogens is 400 g/mol. The van der Waals surface area contributed by atoms with Gasteiger partial charge in [0.2, 0.25) is 10.0 Å². The second-order valence-corrected chi connectivity index (χ2v) is 11.4. The summed E-state index contributed by atoms with van der Waals surface area (Å²) in [6.07, 6.45) is 5.90. The predicted octanol–water partition coefficient (Wildman–Crippen LogP) is 3.22. The number of sulfonamides is 1. The number of hydrogen-bond acceptors (Lipinski definition) is 6. The number of hydrogen-bond donors (Lipinski definition) is 0. The van der Waals surface area contributed by atoms with Crippen molar-refractivity contribution in [2.45, 2.75) is 28.1 Å². The molecule has 1 aliphatic heterocycles. The highest BCUT2D eigenvalue weighted by Gasteiger charge is 2.45. The molecule has 6 nitrogen and oxygen atoms in total. The molecule has 0 amide bonds. The summed E-state index contributed by atoms with van der Waals surface area (Å²) in [6, 6.07) is 5.27. The Kier molecular flexibility index (Phi) is 4.30. The van der Waals surface area contributed by atoms with E-state index < -0.39 is 10.0 Å². The maximum Gasteiger partial charge on any atom is 0.243 e. The summed E-state index contributed by atoms with van der Waals surface area (Å²) in [5, 5.41) is 1.57. The summed E-state index contributed by atoms with van der Waals surface area (Å²) >= 11 is 3.35. The van der Waals surface area contributed by atoms with E-state index in [-0.39, 0.29) is 0 Å². The molecule has 5 rings (SSSR count). The standard InChI is InChI=1S/C18H20N4O2S3/c1-21-5-4-19-18(21)26-14-6-12-9-22(10-13(12)7-14)27(23,24)15-2-3-17-16(8-15)20-11-25-17/h2-5,8,11-14H,6-7,9-10H2,1H3/t12-,13+,14?. The first-order chi connectivity index (χ1) is 13.0. The summed E-state index contributed by atoms with van der Waals surface area (Å²) in [6.45, 7) is 1.25. The molecule has 1 saturated heterocycles. The minimum absolute atomic E-state index is 0.361. The fraction of sp³-hybridized carbons (Fsp3) is 0.444. The van der Waals surface area contributed by atoms with Crippen molar-refractivity contribution in [1.82, 2.24) is 18.8 Å². The molecule has 3 aromatic rings. The van der Waals surface area contributed by atoms with Crippen molar-refractivity contribution >= 4 is 43.3 Å². The van der Waals surface area contributed by atoms with E-state index in [9.17, 15) is 8.42 Å². The minimum Gasteiger partial charge on any atom is -0.329 e. The lowest BCUT2D eigenvalue weighted by atomic mass is 10.0. The summed E-state index contributed by atoms with van der Waals surface area (Å²) < 4.78 is 30.9. The second-order valence-electron chi connectivity index (χ2n) is 7.36. The molecule has 2 aromatic heterocycles. The van der Waals surface area contributed by atoms with Gasteiger partial charge in [0.25, 0.3) is 0 Å². The molecule has 9 heteroatoms. The highest BCUT2D eigenvalue weighted by Crippen LogP contribution is 2.45. The Balaban J connectivity index is 1.29. The Bertz CT molecular complexity index is 1080. The van der Waals surface area contributed by atoms with Gasteiger partial charge in [-0.25, -0.2) is 18.4 Å². The summed E-state index contributed by atoms with van der Waals surface area (Å²) in [4.78, 5) is 9.02. The number of rotatable bonds is 4. The van der Waals surface area contributed by atoms with Crippen molar-refractivity contribution in [2.75, 3.05) is 13.1 Å². The molecule has 1 aliphatic carbocycles. The quantitative estimate of drug-likeness (QED) is 0.648. The molecule has 2 fully saturated rings. The number of nitrogens with zero attached hydrogens (tertiary/aromatic N) is 4. The summed E-state index contributed by atoms with van der Waals surface area (Å²) in [7, 11) is -1.44. The molecule has 27 heavy (non-hydrogen) atoms. The van der Waals surface area contributed by atoms with Gasteiger partial charge in [0.1, 0.15) is 0 Å². The zero-order valence-electron chi connectivity index (χ0n) is 14.9. The first-order valence-electron chi connectivity index (χ1n) is 8.98. The highest BCUT2D eigenvalue weighted by atomic mass is 32.2. The first-order valence-corrected chi connectivity index (χ1v) is 12.2. The van der Waals surface area contributed by atoms with Crippen molar-refractivity contribution in [3.05, 3.63) is 36.1 Å². The van der Waals surface area contributed by atoms with Crippen LogP contribution in [-0.2, 0) is 17.1 Å². The average Bonchev–Trinajstić information content (AvgIpc) is 3.39. The number of fused-ring (bicyclic) bond motifs is 2. The molecular formula is C18H20N4O2S3. The van der Waals surface area contributed by atoms with Gasteiger partial charge in [-0.15, -0.1) is 11.3 Å². The molecule has 0 N–H and O–H groups in total. The molecule has 3 atom stereocenters. The van der Waals surface area contributed by atoms with Crippen LogP contribution in [0.15, 0.2) is 46.2 Å². The maximum absolute atomic E-state index is 13.1. The van der Waals surface area contributed by atoms with Crippen molar-refractivity contribution < 1.29 is 8.42 Å². The van der Waals surface area contributed by atoms with E-state index in [0.29, 0.717) is 35.1 Å². The van der Waals surface area contributed by atoms with Crippen LogP contribution in [0.1, 0.15) is 12.8 Å². The SMILES string of the molecule is Cn1ccnc1SC1C[C@@H]2CN(S(=O)(=O)c3ccc4scnc4c3)C[C@@H]2C1. The maximum atomic E-state index is 13.1. The Morgan fingerprint density at radius 2 is 1.96 bits per heavy atom. The minimum atomic E-state index is -3.45. The third kappa shape index (κ3) is 3.10. The predicted molar refractivity (Wildman–Crippen MR) is 107 cm³/mol.